The molecule has 1 fully saturated rings. The first kappa shape index (κ1) is 17.7. The molecule has 1 saturated heterocycles. The molecule has 3 rings (SSSR count). The molecule has 1 aliphatic heterocycles. The normalized spacial score (nSPS) is 13.6. The zero-order valence-corrected chi connectivity index (χ0v) is 15.0. The highest BCUT2D eigenvalue weighted by Gasteiger charge is 2.21. The number of hydrazine groups is 1. The van der Waals surface area contributed by atoms with Crippen LogP contribution in [0.4, 0.5) is 16.2 Å². The number of nitrogens with zero attached hydrogens (tertiary/aromatic N) is 1. The van der Waals surface area contributed by atoms with E-state index >= 15 is 0 Å². The fourth-order valence-electron chi connectivity index (χ4n) is 2.36. The number of nitrogens with one attached hydrogen (secondary N) is 3. The van der Waals surface area contributed by atoms with E-state index in [-0.39, 0.29) is 22.0 Å². The van der Waals surface area contributed by atoms with Crippen molar-refractivity contribution in [1.29, 1.82) is 0 Å². The van der Waals surface area contributed by atoms with E-state index in [0.717, 1.165) is 5.69 Å². The molecule has 2 aromatic carbocycles. The monoisotopic (exact) mass is 398 g/mol. The van der Waals surface area contributed by atoms with Crippen LogP contribution in [0, 0.1) is 0 Å². The first-order valence-corrected chi connectivity index (χ1v) is 8.45. The van der Waals surface area contributed by atoms with Crippen LogP contribution >= 0.6 is 34.8 Å². The van der Waals surface area contributed by atoms with E-state index in [4.69, 9.17) is 34.8 Å². The second kappa shape index (κ2) is 7.39. The van der Waals surface area contributed by atoms with Crippen molar-refractivity contribution in [3.63, 3.8) is 0 Å². The Kier molecular flexibility index (Phi) is 5.22. The lowest BCUT2D eigenvalue weighted by Gasteiger charge is -2.15. The Bertz CT molecular complexity index is 804. The van der Waals surface area contributed by atoms with E-state index in [1.165, 1.54) is 12.1 Å². The predicted octanol–water partition coefficient (Wildman–Crippen LogP) is 3.93. The van der Waals surface area contributed by atoms with Crippen molar-refractivity contribution in [1.82, 2.24) is 10.7 Å². The van der Waals surface area contributed by atoms with Gasteiger partial charge < -0.3 is 5.32 Å². The third-order valence-electron chi connectivity index (χ3n) is 3.61. The smallest absolute Gasteiger partial charge is 0.321 e. The maximum atomic E-state index is 12.2. The van der Waals surface area contributed by atoms with Crippen molar-refractivity contribution in [3.05, 3.63) is 57.0 Å². The lowest BCUT2D eigenvalue weighted by Crippen LogP contribution is -2.30. The van der Waals surface area contributed by atoms with Crippen LogP contribution in [0.5, 0.6) is 0 Å². The number of halogens is 3. The molecule has 0 radical (unpaired) electrons. The van der Waals surface area contributed by atoms with Crippen LogP contribution in [0.1, 0.15) is 10.4 Å². The Labute approximate surface area is 159 Å². The van der Waals surface area contributed by atoms with Crippen LogP contribution in [0.2, 0.25) is 15.1 Å². The van der Waals surface area contributed by atoms with Gasteiger partial charge in [0.05, 0.1) is 15.7 Å². The summed E-state index contributed by atoms with van der Waals surface area (Å²) in [7, 11) is 0. The number of benzene rings is 2. The summed E-state index contributed by atoms with van der Waals surface area (Å²) >= 11 is 17.9. The molecule has 0 unspecified atom stereocenters. The summed E-state index contributed by atoms with van der Waals surface area (Å²) < 4.78 is 0. The molecule has 3 amide bonds. The number of urea groups is 1. The minimum Gasteiger partial charge on any atom is -0.336 e. The number of amides is 3. The first-order chi connectivity index (χ1) is 12.0. The summed E-state index contributed by atoms with van der Waals surface area (Å²) in [5.74, 6) is -0.375. The van der Waals surface area contributed by atoms with E-state index in [2.05, 4.69) is 16.2 Å². The second-order valence-corrected chi connectivity index (χ2v) is 6.50. The maximum Gasteiger partial charge on any atom is 0.321 e. The number of anilines is 2. The van der Waals surface area contributed by atoms with Crippen molar-refractivity contribution in [2.45, 2.75) is 0 Å². The van der Waals surface area contributed by atoms with Crippen LogP contribution < -0.4 is 21.1 Å². The lowest BCUT2D eigenvalue weighted by molar-refractivity contribution is 0.0962. The molecule has 9 heteroatoms. The van der Waals surface area contributed by atoms with Crippen LogP contribution in [0.3, 0.4) is 0 Å². The van der Waals surface area contributed by atoms with Crippen molar-refractivity contribution in [3.8, 4) is 0 Å². The van der Waals surface area contributed by atoms with Gasteiger partial charge in [-0.25, -0.2) is 4.79 Å². The zero-order chi connectivity index (χ0) is 18.0. The topological polar surface area (TPSA) is 73.5 Å². The van der Waals surface area contributed by atoms with Crippen LogP contribution in [0.15, 0.2) is 36.4 Å². The molecule has 0 bridgehead atoms. The minimum absolute atomic E-state index is 0.147. The molecule has 1 aliphatic rings. The van der Waals surface area contributed by atoms with Gasteiger partial charge in [-0.15, -0.1) is 0 Å². The Morgan fingerprint density at radius 1 is 1.08 bits per heavy atom. The highest BCUT2D eigenvalue weighted by Crippen LogP contribution is 2.33. The molecule has 0 aromatic heterocycles. The molecular formula is C16H13Cl3N4O2. The Morgan fingerprint density at radius 2 is 1.72 bits per heavy atom. The van der Waals surface area contributed by atoms with E-state index in [0.29, 0.717) is 29.4 Å². The van der Waals surface area contributed by atoms with Crippen molar-refractivity contribution in [2.24, 2.45) is 0 Å². The van der Waals surface area contributed by atoms with Gasteiger partial charge in [-0.05, 0) is 36.4 Å². The number of carbonyl (C=O) groups is 2. The molecule has 3 N–H and O–H groups in total. The molecule has 130 valence electrons. The fraction of sp³-hybridized carbons (Fsp3) is 0.125. The molecule has 2 aromatic rings. The highest BCUT2D eigenvalue weighted by molar-refractivity contribution is 6.41. The standard InChI is InChI=1S/C16H13Cl3N4O2/c17-10-7-12(18)14(13(19)8-10)21-22-15(24)9-1-3-11(4-2-9)23-6-5-20-16(23)25/h1-4,7-8,21H,5-6H2,(H,20,25)(H,22,24). The molecule has 0 saturated carbocycles. The fourth-order valence-corrected chi connectivity index (χ4v) is 3.28. The average Bonchev–Trinajstić information content (AvgIpc) is 3.00. The number of hydrogen-bond donors (Lipinski definition) is 3. The summed E-state index contributed by atoms with van der Waals surface area (Å²) in [6, 6.07) is 9.56. The SMILES string of the molecule is O=C(NNc1c(Cl)cc(Cl)cc1Cl)c1ccc(N2CCNC2=O)cc1. The second-order valence-electron chi connectivity index (χ2n) is 5.25. The molecule has 25 heavy (non-hydrogen) atoms. The Morgan fingerprint density at radius 3 is 2.28 bits per heavy atom. The summed E-state index contributed by atoms with van der Waals surface area (Å²) in [5.41, 5.74) is 6.70. The number of hydrogen-bond acceptors (Lipinski definition) is 3. The van der Waals surface area contributed by atoms with Gasteiger partial charge in [0.1, 0.15) is 0 Å². The summed E-state index contributed by atoms with van der Waals surface area (Å²) in [6.45, 7) is 1.20. The van der Waals surface area contributed by atoms with Crippen LogP contribution in [0.25, 0.3) is 0 Å². The highest BCUT2D eigenvalue weighted by atomic mass is 35.5. The average molecular weight is 400 g/mol. The molecule has 0 spiro atoms. The summed E-state index contributed by atoms with van der Waals surface area (Å²) in [5, 5.41) is 3.69. The third kappa shape index (κ3) is 3.92. The summed E-state index contributed by atoms with van der Waals surface area (Å²) in [4.78, 5) is 25.5. The van der Waals surface area contributed by atoms with Crippen molar-refractivity contribution < 1.29 is 9.59 Å². The summed E-state index contributed by atoms with van der Waals surface area (Å²) in [6.07, 6.45) is 0. The van der Waals surface area contributed by atoms with Gasteiger partial charge in [0.15, 0.2) is 0 Å². The lowest BCUT2D eigenvalue weighted by atomic mass is 10.2. The van der Waals surface area contributed by atoms with Crippen molar-refractivity contribution >= 4 is 58.1 Å². The van der Waals surface area contributed by atoms with Gasteiger partial charge in [0, 0.05) is 29.4 Å². The molecule has 0 atom stereocenters. The molecular weight excluding hydrogens is 387 g/mol. The zero-order valence-electron chi connectivity index (χ0n) is 12.8. The van der Waals surface area contributed by atoms with Gasteiger partial charge in [0.2, 0.25) is 0 Å². The van der Waals surface area contributed by atoms with Gasteiger partial charge in [0.25, 0.3) is 5.91 Å². The van der Waals surface area contributed by atoms with Crippen LogP contribution in [-0.2, 0) is 0 Å². The largest absolute Gasteiger partial charge is 0.336 e. The van der Waals surface area contributed by atoms with E-state index in [9.17, 15) is 9.59 Å². The number of rotatable bonds is 4. The Hall–Kier alpha value is -2.15. The quantitative estimate of drug-likeness (QED) is 0.682. The number of carbonyl (C=O) groups excluding carboxylic acids is 2. The minimum atomic E-state index is -0.375. The van der Waals surface area contributed by atoms with Crippen LogP contribution in [-0.4, -0.2) is 25.0 Å². The molecule has 0 aliphatic carbocycles. The van der Waals surface area contributed by atoms with Gasteiger partial charge in [-0.3, -0.25) is 20.5 Å². The van der Waals surface area contributed by atoms with E-state index in [1.807, 2.05) is 0 Å². The van der Waals surface area contributed by atoms with Crippen molar-refractivity contribution in [2.75, 3.05) is 23.4 Å². The van der Waals surface area contributed by atoms with Gasteiger partial charge >= 0.3 is 6.03 Å². The Balaban J connectivity index is 1.67. The first-order valence-electron chi connectivity index (χ1n) is 7.32. The van der Waals surface area contributed by atoms with Gasteiger partial charge in [-0.1, -0.05) is 34.8 Å². The molecule has 1 heterocycles. The van der Waals surface area contributed by atoms with E-state index < -0.39 is 0 Å². The molecule has 6 nitrogen and oxygen atoms in total. The van der Waals surface area contributed by atoms with Gasteiger partial charge in [-0.2, -0.15) is 0 Å². The predicted molar refractivity (Wildman–Crippen MR) is 99.7 cm³/mol. The maximum absolute atomic E-state index is 12.2. The van der Waals surface area contributed by atoms with E-state index in [1.54, 1.807) is 29.2 Å². The third-order valence-corrected chi connectivity index (χ3v) is 4.42.